The van der Waals surface area contributed by atoms with Crippen LogP contribution in [0.1, 0.15) is 38.5 Å². The van der Waals surface area contributed by atoms with Gasteiger partial charge in [0.25, 0.3) is 5.56 Å². The molecule has 164 valence electrons. The van der Waals surface area contributed by atoms with Crippen molar-refractivity contribution >= 4 is 28.4 Å². The van der Waals surface area contributed by atoms with E-state index < -0.39 is 0 Å². The van der Waals surface area contributed by atoms with Crippen LogP contribution in [0.5, 0.6) is 0 Å². The molecule has 4 bridgehead atoms. The number of aromatic nitrogens is 2. The van der Waals surface area contributed by atoms with E-state index in [0.717, 1.165) is 33.5 Å². The second-order valence-corrected chi connectivity index (χ2v) is 11.3. The molecule has 0 atom stereocenters. The van der Waals surface area contributed by atoms with Gasteiger partial charge in [-0.25, -0.2) is 5.43 Å². The quantitative estimate of drug-likeness (QED) is 0.611. The molecule has 0 radical (unpaired) electrons. The van der Waals surface area contributed by atoms with Crippen molar-refractivity contribution in [3.8, 4) is 11.3 Å². The molecule has 1 N–H and O–H groups in total. The molecule has 4 fully saturated rings. The van der Waals surface area contributed by atoms with E-state index in [-0.39, 0.29) is 16.2 Å². The molecule has 2 aromatic carbocycles. The Morgan fingerprint density at radius 3 is 2.19 bits per heavy atom. The molecule has 0 saturated heterocycles. The highest BCUT2D eigenvalue weighted by Crippen LogP contribution is 2.60. The molecule has 1 heterocycles. The number of nitrogens with one attached hydrogen (secondary N) is 1. The summed E-state index contributed by atoms with van der Waals surface area (Å²) in [6.45, 7) is 0. The van der Waals surface area contributed by atoms with Gasteiger partial charge in [-0.3, -0.25) is 9.59 Å². The summed E-state index contributed by atoms with van der Waals surface area (Å²) in [5.74, 6) is 2.78. The summed E-state index contributed by atoms with van der Waals surface area (Å²) in [6.07, 6.45) is 7.94. The monoisotopic (exact) mass is 445 g/mol. The number of hydrogen-bond donors (Lipinski definition) is 1. The van der Waals surface area contributed by atoms with Crippen LogP contribution < -0.4 is 11.0 Å². The molecule has 0 unspecified atom stereocenters. The van der Waals surface area contributed by atoms with Gasteiger partial charge in [0.1, 0.15) is 5.69 Å². The van der Waals surface area contributed by atoms with Crippen LogP contribution in [0.2, 0.25) is 0 Å². The minimum atomic E-state index is -0.298. The van der Waals surface area contributed by atoms with E-state index in [2.05, 4.69) is 10.5 Å². The van der Waals surface area contributed by atoms with Gasteiger partial charge in [-0.1, -0.05) is 48.5 Å². The number of thioether (sulfide) groups is 1. The molecule has 5 nitrogen and oxygen atoms in total. The average Bonchev–Trinajstić information content (AvgIpc) is 2.79. The highest BCUT2D eigenvalue weighted by atomic mass is 32.2. The van der Waals surface area contributed by atoms with E-state index in [1.165, 1.54) is 38.5 Å². The van der Waals surface area contributed by atoms with Crippen LogP contribution in [0.15, 0.2) is 59.4 Å². The van der Waals surface area contributed by atoms with Crippen LogP contribution in [0, 0.1) is 17.8 Å². The largest absolute Gasteiger partial charge is 0.294 e. The second-order valence-electron chi connectivity index (χ2n) is 9.90. The van der Waals surface area contributed by atoms with E-state index in [4.69, 9.17) is 0 Å². The molecule has 6 heteroatoms. The van der Waals surface area contributed by atoms with E-state index in [1.54, 1.807) is 6.07 Å². The minimum absolute atomic E-state index is 0.158. The molecule has 3 aromatic rings. The fourth-order valence-corrected chi connectivity index (χ4v) is 8.21. The third kappa shape index (κ3) is 3.54. The SMILES string of the molecule is O=C(CSC12CC3CC(CC(C3)C1)C2)Nn1nc(-c2ccccc2)c2ccccc2c1=O. The predicted molar refractivity (Wildman–Crippen MR) is 129 cm³/mol. The van der Waals surface area contributed by atoms with Gasteiger partial charge in [-0.15, -0.1) is 21.7 Å². The van der Waals surface area contributed by atoms with Crippen molar-refractivity contribution < 1.29 is 4.79 Å². The number of hydrogen-bond acceptors (Lipinski definition) is 4. The topological polar surface area (TPSA) is 64.0 Å². The first-order valence-electron chi connectivity index (χ1n) is 11.6. The van der Waals surface area contributed by atoms with Crippen molar-refractivity contribution in [2.24, 2.45) is 17.8 Å². The number of carbonyl (C=O) groups is 1. The molecule has 0 aliphatic heterocycles. The Hall–Kier alpha value is -2.60. The molecule has 4 aliphatic rings. The lowest BCUT2D eigenvalue weighted by Gasteiger charge is -2.56. The van der Waals surface area contributed by atoms with Gasteiger partial charge in [-0.2, -0.15) is 0 Å². The molecule has 1 amide bonds. The highest BCUT2D eigenvalue weighted by Gasteiger charge is 2.51. The number of benzene rings is 2. The molecular formula is C26H27N3O2S. The van der Waals surface area contributed by atoms with Gasteiger partial charge in [0.05, 0.1) is 11.1 Å². The Morgan fingerprint density at radius 2 is 1.53 bits per heavy atom. The lowest BCUT2D eigenvalue weighted by molar-refractivity contribution is -0.114. The number of nitrogens with zero attached hydrogens (tertiary/aromatic N) is 2. The first kappa shape index (κ1) is 20.0. The minimum Gasteiger partial charge on any atom is -0.272 e. The maximum atomic E-state index is 13.1. The number of fused-ring (bicyclic) bond motifs is 1. The first-order valence-corrected chi connectivity index (χ1v) is 12.6. The lowest BCUT2D eigenvalue weighted by atomic mass is 9.56. The van der Waals surface area contributed by atoms with Crippen molar-refractivity contribution in [1.29, 1.82) is 0 Å². The standard InChI is InChI=1S/C26H27N3O2S/c30-23(16-32-26-13-17-10-18(14-26)12-19(11-17)15-26)27-29-25(31)22-9-5-4-8-21(22)24(28-29)20-6-2-1-3-7-20/h1-9,17-19H,10-16H2,(H,27,30). The third-order valence-electron chi connectivity index (χ3n) is 7.57. The zero-order chi connectivity index (χ0) is 21.7. The Morgan fingerprint density at radius 1 is 0.938 bits per heavy atom. The van der Waals surface area contributed by atoms with Crippen LogP contribution in [0.4, 0.5) is 0 Å². The molecule has 4 aliphatic carbocycles. The molecule has 7 rings (SSSR count). The van der Waals surface area contributed by atoms with E-state index in [0.29, 0.717) is 16.8 Å². The van der Waals surface area contributed by atoms with E-state index in [9.17, 15) is 9.59 Å². The Balaban J connectivity index is 1.25. The number of carbonyl (C=O) groups excluding carboxylic acids is 1. The van der Waals surface area contributed by atoms with Crippen molar-refractivity contribution in [2.75, 3.05) is 11.2 Å². The summed E-state index contributed by atoms with van der Waals surface area (Å²) >= 11 is 1.82. The van der Waals surface area contributed by atoms with E-state index >= 15 is 0 Å². The highest BCUT2D eigenvalue weighted by molar-refractivity contribution is 8.01. The molecule has 0 spiro atoms. The van der Waals surface area contributed by atoms with E-state index in [1.807, 2.05) is 60.3 Å². The van der Waals surface area contributed by atoms with Gasteiger partial charge >= 0.3 is 0 Å². The summed E-state index contributed by atoms with van der Waals surface area (Å²) in [5, 5.41) is 5.89. The molecule has 1 aromatic heterocycles. The van der Waals surface area contributed by atoms with Crippen LogP contribution in [0.25, 0.3) is 22.0 Å². The van der Waals surface area contributed by atoms with Gasteiger partial charge in [0.15, 0.2) is 0 Å². The molecule has 4 saturated carbocycles. The molecule has 32 heavy (non-hydrogen) atoms. The smallest absolute Gasteiger partial charge is 0.272 e. The van der Waals surface area contributed by atoms with Crippen molar-refractivity contribution in [3.05, 3.63) is 65.0 Å². The Kier molecular flexibility index (Phi) is 4.86. The predicted octanol–water partition coefficient (Wildman–Crippen LogP) is 4.84. The number of rotatable bonds is 5. The molecular weight excluding hydrogens is 418 g/mol. The second kappa shape index (κ2) is 7.77. The normalized spacial score (nSPS) is 28.2. The third-order valence-corrected chi connectivity index (χ3v) is 9.09. The van der Waals surface area contributed by atoms with Gasteiger partial charge in [0.2, 0.25) is 5.91 Å². The van der Waals surface area contributed by atoms with Crippen LogP contribution in [-0.4, -0.2) is 26.3 Å². The summed E-state index contributed by atoms with van der Waals surface area (Å²) in [4.78, 5) is 27.1. The zero-order valence-corrected chi connectivity index (χ0v) is 18.8. The van der Waals surface area contributed by atoms with Crippen LogP contribution >= 0.6 is 11.8 Å². The summed E-state index contributed by atoms with van der Waals surface area (Å²) in [7, 11) is 0. The lowest BCUT2D eigenvalue weighted by Crippen LogP contribution is -2.49. The average molecular weight is 446 g/mol. The Bertz CT molecular complexity index is 1200. The van der Waals surface area contributed by atoms with Crippen molar-refractivity contribution in [1.82, 2.24) is 9.89 Å². The van der Waals surface area contributed by atoms with Gasteiger partial charge < -0.3 is 0 Å². The number of amides is 1. The fraction of sp³-hybridized carbons (Fsp3) is 0.423. The van der Waals surface area contributed by atoms with Crippen LogP contribution in [-0.2, 0) is 4.79 Å². The zero-order valence-electron chi connectivity index (χ0n) is 18.0. The first-order chi connectivity index (χ1) is 15.6. The fourth-order valence-electron chi connectivity index (χ4n) is 6.65. The van der Waals surface area contributed by atoms with Gasteiger partial charge in [-0.05, 0) is 62.3 Å². The Labute approximate surface area is 191 Å². The maximum Gasteiger partial charge on any atom is 0.294 e. The maximum absolute atomic E-state index is 13.1. The summed E-state index contributed by atoms with van der Waals surface area (Å²) < 4.78 is 0.267. The van der Waals surface area contributed by atoms with Crippen molar-refractivity contribution in [3.63, 3.8) is 0 Å². The summed E-state index contributed by atoms with van der Waals surface area (Å²) in [6, 6.07) is 17.2. The van der Waals surface area contributed by atoms with Crippen molar-refractivity contribution in [2.45, 2.75) is 43.3 Å². The van der Waals surface area contributed by atoms with Gasteiger partial charge in [0, 0.05) is 15.7 Å². The summed E-state index contributed by atoms with van der Waals surface area (Å²) in [5.41, 5.74) is 4.08. The van der Waals surface area contributed by atoms with Crippen LogP contribution in [0.3, 0.4) is 0 Å².